The molecule has 15 heteroatoms. The highest BCUT2D eigenvalue weighted by Crippen LogP contribution is 2.03. The van der Waals surface area contributed by atoms with Gasteiger partial charge in [0.05, 0.1) is 18.7 Å². The van der Waals surface area contributed by atoms with Crippen molar-refractivity contribution in [2.75, 3.05) is 11.5 Å². The maximum absolute atomic E-state index is 12.9. The van der Waals surface area contributed by atoms with Crippen LogP contribution in [0.4, 0.5) is 0 Å². The van der Waals surface area contributed by atoms with Gasteiger partial charge in [-0.2, -0.15) is 25.3 Å². The fraction of sp³-hybridized carbons (Fsp3) is 0.444. The monoisotopic (exact) mass is 498 g/mol. The maximum Gasteiger partial charge on any atom is 0.326 e. The molecule has 0 fully saturated rings. The fourth-order valence-electron chi connectivity index (χ4n) is 2.74. The van der Waals surface area contributed by atoms with Gasteiger partial charge in [0, 0.05) is 48.1 Å². The summed E-state index contributed by atoms with van der Waals surface area (Å²) in [6.45, 7) is 0. The van der Waals surface area contributed by atoms with Gasteiger partial charge in [-0.05, 0) is 0 Å². The van der Waals surface area contributed by atoms with Crippen molar-refractivity contribution in [2.45, 2.75) is 37.0 Å². The number of H-pyrrole nitrogens is 2. The summed E-state index contributed by atoms with van der Waals surface area (Å²) in [6.07, 6.45) is 5.75. The zero-order valence-electron chi connectivity index (χ0n) is 17.4. The van der Waals surface area contributed by atoms with E-state index in [1.165, 1.54) is 25.0 Å². The first kappa shape index (κ1) is 26.2. The third-order valence-electron chi connectivity index (χ3n) is 4.55. The molecule has 13 nitrogen and oxygen atoms in total. The molecule has 2 rings (SSSR count). The highest BCUT2D eigenvalue weighted by molar-refractivity contribution is 7.80. The molecule has 0 saturated carbocycles. The van der Waals surface area contributed by atoms with Crippen molar-refractivity contribution in [3.8, 4) is 0 Å². The SMILES string of the molecule is NC(CS)C(=O)NC(Cc1cnc[nH]1)C(=O)NC(CS)C(=O)NC(Cc1cnc[nH]1)C(=O)O. The van der Waals surface area contributed by atoms with Gasteiger partial charge in [0.25, 0.3) is 0 Å². The molecule has 0 bridgehead atoms. The Morgan fingerprint density at radius 1 is 0.848 bits per heavy atom. The summed E-state index contributed by atoms with van der Waals surface area (Å²) in [4.78, 5) is 62.6. The molecule has 0 aliphatic carbocycles. The van der Waals surface area contributed by atoms with Crippen LogP contribution in [0.5, 0.6) is 0 Å². The van der Waals surface area contributed by atoms with Gasteiger partial charge in [0.15, 0.2) is 0 Å². The molecule has 0 aliphatic heterocycles. The first-order valence-electron chi connectivity index (χ1n) is 9.80. The van der Waals surface area contributed by atoms with Gasteiger partial charge in [-0.1, -0.05) is 0 Å². The van der Waals surface area contributed by atoms with Crippen LogP contribution in [0.25, 0.3) is 0 Å². The number of thiol groups is 2. The molecular formula is C18H26N8O5S2. The van der Waals surface area contributed by atoms with E-state index in [9.17, 15) is 24.3 Å². The minimum Gasteiger partial charge on any atom is -0.480 e. The van der Waals surface area contributed by atoms with Crippen LogP contribution in [-0.2, 0) is 32.0 Å². The van der Waals surface area contributed by atoms with E-state index in [0.717, 1.165) is 0 Å². The summed E-state index contributed by atoms with van der Waals surface area (Å²) >= 11 is 8.07. The molecule has 4 atom stereocenters. The Morgan fingerprint density at radius 2 is 1.33 bits per heavy atom. The molecule has 2 heterocycles. The quantitative estimate of drug-likeness (QED) is 0.136. The van der Waals surface area contributed by atoms with Crippen molar-refractivity contribution in [3.63, 3.8) is 0 Å². The number of nitrogens with zero attached hydrogens (tertiary/aromatic N) is 2. The number of nitrogens with one attached hydrogen (secondary N) is 5. The fourth-order valence-corrected chi connectivity index (χ4v) is 3.17. The second-order valence-corrected chi connectivity index (χ2v) is 7.79. The number of amides is 3. The average molecular weight is 499 g/mol. The molecule has 4 unspecified atom stereocenters. The predicted octanol–water partition coefficient (Wildman–Crippen LogP) is -2.36. The van der Waals surface area contributed by atoms with E-state index in [1.807, 2.05) is 0 Å². The van der Waals surface area contributed by atoms with Gasteiger partial charge in [0.2, 0.25) is 17.7 Å². The summed E-state index contributed by atoms with van der Waals surface area (Å²) in [7, 11) is 0. The molecule has 180 valence electrons. The Kier molecular flexibility index (Phi) is 10.2. The van der Waals surface area contributed by atoms with Crippen molar-refractivity contribution in [3.05, 3.63) is 36.4 Å². The first-order valence-corrected chi connectivity index (χ1v) is 11.1. The van der Waals surface area contributed by atoms with E-state index < -0.39 is 47.9 Å². The van der Waals surface area contributed by atoms with Crippen molar-refractivity contribution in [1.82, 2.24) is 35.9 Å². The Morgan fingerprint density at radius 3 is 1.79 bits per heavy atom. The second-order valence-electron chi connectivity index (χ2n) is 7.06. The predicted molar refractivity (Wildman–Crippen MR) is 124 cm³/mol. The third kappa shape index (κ3) is 8.11. The topological polar surface area (TPSA) is 208 Å². The lowest BCUT2D eigenvalue weighted by Crippen LogP contribution is -2.58. The van der Waals surface area contributed by atoms with Crippen LogP contribution in [0.3, 0.4) is 0 Å². The van der Waals surface area contributed by atoms with Gasteiger partial charge in [-0.3, -0.25) is 14.4 Å². The summed E-state index contributed by atoms with van der Waals surface area (Å²) in [6, 6.07) is -4.44. The molecule has 8 N–H and O–H groups in total. The number of carboxylic acids is 1. The summed E-state index contributed by atoms with van der Waals surface area (Å²) in [5.41, 5.74) is 6.75. The number of rotatable bonds is 13. The van der Waals surface area contributed by atoms with E-state index in [4.69, 9.17) is 5.73 Å². The number of aromatic amines is 2. The Hall–Kier alpha value is -3.04. The maximum atomic E-state index is 12.9. The lowest BCUT2D eigenvalue weighted by Gasteiger charge is -2.24. The Bertz CT molecular complexity index is 924. The highest BCUT2D eigenvalue weighted by atomic mass is 32.1. The number of aromatic nitrogens is 4. The van der Waals surface area contributed by atoms with E-state index in [1.54, 1.807) is 0 Å². The minimum atomic E-state index is -1.26. The first-order chi connectivity index (χ1) is 15.7. The van der Waals surface area contributed by atoms with Crippen molar-refractivity contribution in [1.29, 1.82) is 0 Å². The molecule has 0 spiro atoms. The molecular weight excluding hydrogens is 472 g/mol. The van der Waals surface area contributed by atoms with E-state index in [-0.39, 0.29) is 24.3 Å². The standard InChI is InChI=1S/C18H26N8O5S2/c19-11(5-32)15(27)24-12(1-9-3-20-7-22-9)16(28)26-14(6-33)17(29)25-13(18(30)31)2-10-4-21-8-23-10/h3-4,7-8,11-14,32-33H,1-2,5-6,19H2,(H,20,22)(H,21,23)(H,24,27)(H,25,29)(H,26,28)(H,30,31). The van der Waals surface area contributed by atoms with Crippen LogP contribution in [0.2, 0.25) is 0 Å². The van der Waals surface area contributed by atoms with Gasteiger partial charge in [0.1, 0.15) is 18.1 Å². The number of hydrogen-bond donors (Lipinski definition) is 9. The molecule has 33 heavy (non-hydrogen) atoms. The number of hydrogen-bond acceptors (Lipinski definition) is 9. The number of carbonyl (C=O) groups excluding carboxylic acids is 3. The Balaban J connectivity index is 2.07. The van der Waals surface area contributed by atoms with Gasteiger partial charge >= 0.3 is 5.97 Å². The Labute approximate surface area is 199 Å². The van der Waals surface area contributed by atoms with Gasteiger partial charge in [-0.25, -0.2) is 14.8 Å². The van der Waals surface area contributed by atoms with E-state index in [0.29, 0.717) is 11.4 Å². The zero-order valence-corrected chi connectivity index (χ0v) is 19.2. The smallest absolute Gasteiger partial charge is 0.326 e. The van der Waals surface area contributed by atoms with E-state index in [2.05, 4.69) is 61.1 Å². The molecule has 2 aromatic heterocycles. The van der Waals surface area contributed by atoms with Crippen molar-refractivity contribution < 1.29 is 24.3 Å². The number of imidazole rings is 2. The van der Waals surface area contributed by atoms with Crippen LogP contribution in [-0.4, -0.2) is 84.4 Å². The number of nitrogens with two attached hydrogens (primary N) is 1. The largest absolute Gasteiger partial charge is 0.480 e. The van der Waals surface area contributed by atoms with Gasteiger partial charge < -0.3 is 36.8 Å². The number of aliphatic carboxylic acids is 1. The van der Waals surface area contributed by atoms with Crippen LogP contribution in [0.1, 0.15) is 11.4 Å². The lowest BCUT2D eigenvalue weighted by molar-refractivity contribution is -0.142. The summed E-state index contributed by atoms with van der Waals surface area (Å²) in [5.74, 6) is -3.33. The number of carbonyl (C=O) groups is 4. The molecule has 0 aromatic carbocycles. The van der Waals surface area contributed by atoms with Crippen molar-refractivity contribution >= 4 is 48.9 Å². The van der Waals surface area contributed by atoms with Crippen LogP contribution >= 0.6 is 25.3 Å². The van der Waals surface area contributed by atoms with Crippen LogP contribution < -0.4 is 21.7 Å². The highest BCUT2D eigenvalue weighted by Gasteiger charge is 2.30. The van der Waals surface area contributed by atoms with E-state index >= 15 is 0 Å². The average Bonchev–Trinajstić information content (AvgIpc) is 3.49. The molecule has 0 saturated heterocycles. The summed E-state index contributed by atoms with van der Waals surface area (Å²) < 4.78 is 0. The van der Waals surface area contributed by atoms with Gasteiger partial charge in [-0.15, -0.1) is 0 Å². The number of carboxylic acid groups (broad SMARTS) is 1. The normalized spacial score (nSPS) is 14.5. The van der Waals surface area contributed by atoms with Crippen LogP contribution in [0, 0.1) is 0 Å². The molecule has 0 radical (unpaired) electrons. The molecule has 2 aromatic rings. The molecule has 0 aliphatic rings. The van der Waals surface area contributed by atoms with Crippen LogP contribution in [0.15, 0.2) is 25.0 Å². The zero-order chi connectivity index (χ0) is 24.4. The summed E-state index contributed by atoms with van der Waals surface area (Å²) in [5, 5.41) is 16.8. The lowest BCUT2D eigenvalue weighted by atomic mass is 10.1. The molecule has 3 amide bonds. The third-order valence-corrected chi connectivity index (χ3v) is 5.31. The van der Waals surface area contributed by atoms with Crippen molar-refractivity contribution in [2.24, 2.45) is 5.73 Å². The second kappa shape index (κ2) is 12.9. The minimum absolute atomic E-state index is 0.0333.